The van der Waals surface area contributed by atoms with Gasteiger partial charge in [-0.15, -0.1) is 0 Å². The van der Waals surface area contributed by atoms with Crippen LogP contribution in [0.3, 0.4) is 0 Å². The molecule has 1 atom stereocenters. The van der Waals surface area contributed by atoms with Crippen LogP contribution >= 0.6 is 0 Å². The Morgan fingerprint density at radius 1 is 1.26 bits per heavy atom. The first kappa shape index (κ1) is 18.8. The van der Waals surface area contributed by atoms with Crippen LogP contribution in [-0.2, 0) is 4.74 Å². The third kappa shape index (κ3) is 7.05. The number of para-hydroxylation sites is 1. The molecule has 1 aromatic rings. The number of anilines is 1. The molecule has 0 heterocycles. The van der Waals surface area contributed by atoms with Crippen molar-refractivity contribution in [3.8, 4) is 6.07 Å². The molecule has 23 heavy (non-hydrogen) atoms. The molecule has 5 nitrogen and oxygen atoms in total. The predicted molar refractivity (Wildman–Crippen MR) is 92.2 cm³/mol. The van der Waals surface area contributed by atoms with E-state index in [1.165, 1.54) is 0 Å². The van der Waals surface area contributed by atoms with E-state index in [2.05, 4.69) is 30.6 Å². The standard InChI is InChI=1S/C18H27N3O2/c1-13(2)15(12-21-17(22)23-18(3,4)5)11-20-16-9-7-6-8-14(16)10-19/h6-9,13,15,20H,11-12H2,1-5H3,(H,21,22). The molecule has 0 radical (unpaired) electrons. The van der Waals surface area contributed by atoms with Gasteiger partial charge in [-0.2, -0.15) is 5.26 Å². The lowest BCUT2D eigenvalue weighted by Crippen LogP contribution is -2.38. The van der Waals surface area contributed by atoms with Crippen LogP contribution in [0.5, 0.6) is 0 Å². The van der Waals surface area contributed by atoms with E-state index in [1.54, 1.807) is 6.07 Å². The van der Waals surface area contributed by atoms with E-state index in [-0.39, 0.29) is 5.92 Å². The van der Waals surface area contributed by atoms with Crippen LogP contribution in [-0.4, -0.2) is 24.8 Å². The van der Waals surface area contributed by atoms with Gasteiger partial charge >= 0.3 is 6.09 Å². The summed E-state index contributed by atoms with van der Waals surface area (Å²) in [5.41, 5.74) is 0.939. The Morgan fingerprint density at radius 3 is 2.48 bits per heavy atom. The number of hydrogen-bond acceptors (Lipinski definition) is 4. The molecule has 0 bridgehead atoms. The monoisotopic (exact) mass is 317 g/mol. The van der Waals surface area contributed by atoms with E-state index in [0.717, 1.165) is 5.69 Å². The second-order valence-electron chi connectivity index (χ2n) is 6.93. The van der Waals surface area contributed by atoms with Crippen molar-refractivity contribution >= 4 is 11.8 Å². The Kier molecular flexibility index (Phi) is 6.89. The number of amides is 1. The van der Waals surface area contributed by atoms with Gasteiger partial charge in [0.2, 0.25) is 0 Å². The molecule has 0 spiro atoms. The van der Waals surface area contributed by atoms with Crippen molar-refractivity contribution in [3.05, 3.63) is 29.8 Å². The summed E-state index contributed by atoms with van der Waals surface area (Å²) in [6.07, 6.45) is -0.402. The summed E-state index contributed by atoms with van der Waals surface area (Å²) in [7, 11) is 0. The molecule has 0 aliphatic rings. The summed E-state index contributed by atoms with van der Waals surface area (Å²) >= 11 is 0. The summed E-state index contributed by atoms with van der Waals surface area (Å²) in [6.45, 7) is 10.9. The van der Waals surface area contributed by atoms with Crippen molar-refractivity contribution in [1.82, 2.24) is 5.32 Å². The highest BCUT2D eigenvalue weighted by Crippen LogP contribution is 2.17. The van der Waals surface area contributed by atoms with Crippen molar-refractivity contribution in [2.45, 2.75) is 40.2 Å². The zero-order valence-corrected chi connectivity index (χ0v) is 14.6. The zero-order valence-electron chi connectivity index (χ0n) is 14.6. The minimum absolute atomic E-state index is 0.231. The number of carbonyl (C=O) groups is 1. The fraction of sp³-hybridized carbons (Fsp3) is 0.556. The second kappa shape index (κ2) is 8.42. The van der Waals surface area contributed by atoms with Gasteiger partial charge in [-0.1, -0.05) is 26.0 Å². The van der Waals surface area contributed by atoms with Crippen LogP contribution in [0.4, 0.5) is 10.5 Å². The van der Waals surface area contributed by atoms with Crippen LogP contribution in [0.25, 0.3) is 0 Å². The van der Waals surface area contributed by atoms with Gasteiger partial charge in [-0.05, 0) is 44.7 Å². The van der Waals surface area contributed by atoms with Gasteiger partial charge in [0.15, 0.2) is 0 Å². The van der Waals surface area contributed by atoms with E-state index in [4.69, 9.17) is 10.00 Å². The van der Waals surface area contributed by atoms with Crippen molar-refractivity contribution in [2.24, 2.45) is 11.8 Å². The molecule has 126 valence electrons. The van der Waals surface area contributed by atoms with E-state index < -0.39 is 11.7 Å². The average molecular weight is 317 g/mol. The quantitative estimate of drug-likeness (QED) is 0.837. The van der Waals surface area contributed by atoms with Gasteiger partial charge in [0.25, 0.3) is 0 Å². The first-order chi connectivity index (χ1) is 10.7. The van der Waals surface area contributed by atoms with Crippen LogP contribution in [0.2, 0.25) is 0 Å². The number of nitrogens with zero attached hydrogens (tertiary/aromatic N) is 1. The molecule has 0 saturated heterocycles. The van der Waals surface area contributed by atoms with Crippen LogP contribution in [0, 0.1) is 23.2 Å². The maximum atomic E-state index is 11.8. The van der Waals surface area contributed by atoms with Crippen LogP contribution in [0.15, 0.2) is 24.3 Å². The summed E-state index contributed by atoms with van der Waals surface area (Å²) in [4.78, 5) is 11.8. The Labute approximate surface area is 139 Å². The zero-order chi connectivity index (χ0) is 17.5. The number of nitriles is 1. The third-order valence-electron chi connectivity index (χ3n) is 3.45. The number of hydrogen-bond donors (Lipinski definition) is 2. The van der Waals surface area contributed by atoms with E-state index >= 15 is 0 Å². The molecular formula is C18H27N3O2. The maximum Gasteiger partial charge on any atom is 0.407 e. The number of rotatable bonds is 6. The molecule has 1 amide bonds. The molecule has 1 rings (SSSR count). The normalized spacial score (nSPS) is 12.4. The molecule has 0 saturated carbocycles. The Balaban J connectivity index is 2.56. The molecule has 2 N–H and O–H groups in total. The fourth-order valence-electron chi connectivity index (χ4n) is 2.05. The molecule has 5 heteroatoms. The van der Waals surface area contributed by atoms with Crippen LogP contribution < -0.4 is 10.6 Å². The molecule has 1 unspecified atom stereocenters. The molecule has 0 aliphatic carbocycles. The van der Waals surface area contributed by atoms with Gasteiger partial charge in [0, 0.05) is 13.1 Å². The van der Waals surface area contributed by atoms with Gasteiger partial charge in [-0.3, -0.25) is 0 Å². The highest BCUT2D eigenvalue weighted by molar-refractivity contribution is 5.67. The largest absolute Gasteiger partial charge is 0.444 e. The smallest absolute Gasteiger partial charge is 0.407 e. The van der Waals surface area contributed by atoms with Crippen molar-refractivity contribution in [3.63, 3.8) is 0 Å². The van der Waals surface area contributed by atoms with Gasteiger partial charge in [0.1, 0.15) is 11.7 Å². The lowest BCUT2D eigenvalue weighted by molar-refractivity contribution is 0.0516. The average Bonchev–Trinajstić information content (AvgIpc) is 2.45. The third-order valence-corrected chi connectivity index (χ3v) is 3.45. The first-order valence-electron chi connectivity index (χ1n) is 7.92. The number of alkyl carbamates (subject to hydrolysis) is 1. The SMILES string of the molecule is CC(C)C(CNC(=O)OC(C)(C)C)CNc1ccccc1C#N. The summed E-state index contributed by atoms with van der Waals surface area (Å²) in [6, 6.07) is 9.58. The van der Waals surface area contributed by atoms with E-state index in [9.17, 15) is 4.79 Å². The Hall–Kier alpha value is -2.22. The second-order valence-corrected chi connectivity index (χ2v) is 6.93. The highest BCUT2D eigenvalue weighted by Gasteiger charge is 2.19. The number of nitrogens with one attached hydrogen (secondary N) is 2. The molecule has 0 aromatic heterocycles. The fourth-order valence-corrected chi connectivity index (χ4v) is 2.05. The predicted octanol–water partition coefficient (Wildman–Crippen LogP) is 3.77. The number of benzene rings is 1. The lowest BCUT2D eigenvalue weighted by Gasteiger charge is -2.24. The lowest BCUT2D eigenvalue weighted by atomic mass is 9.95. The number of carbonyl (C=O) groups excluding carboxylic acids is 1. The highest BCUT2D eigenvalue weighted by atomic mass is 16.6. The van der Waals surface area contributed by atoms with E-state index in [0.29, 0.717) is 24.6 Å². The van der Waals surface area contributed by atoms with Crippen LogP contribution in [0.1, 0.15) is 40.2 Å². The van der Waals surface area contributed by atoms with Crippen molar-refractivity contribution in [1.29, 1.82) is 5.26 Å². The Morgan fingerprint density at radius 2 is 1.91 bits per heavy atom. The van der Waals surface area contributed by atoms with Gasteiger partial charge in [0.05, 0.1) is 11.3 Å². The molecule has 0 fully saturated rings. The van der Waals surface area contributed by atoms with E-state index in [1.807, 2.05) is 39.0 Å². The first-order valence-corrected chi connectivity index (χ1v) is 7.92. The summed E-state index contributed by atoms with van der Waals surface area (Å²) < 4.78 is 5.25. The molecule has 0 aliphatic heterocycles. The Bertz CT molecular complexity index is 556. The number of ether oxygens (including phenoxy) is 1. The summed E-state index contributed by atoms with van der Waals surface area (Å²) in [5.74, 6) is 0.612. The topological polar surface area (TPSA) is 74.2 Å². The summed E-state index contributed by atoms with van der Waals surface area (Å²) in [5, 5.41) is 15.2. The minimum atomic E-state index is -0.499. The molecule has 1 aromatic carbocycles. The maximum absolute atomic E-state index is 11.8. The minimum Gasteiger partial charge on any atom is -0.444 e. The van der Waals surface area contributed by atoms with Crippen molar-refractivity contribution in [2.75, 3.05) is 18.4 Å². The van der Waals surface area contributed by atoms with Gasteiger partial charge in [-0.25, -0.2) is 4.79 Å². The molecular weight excluding hydrogens is 290 g/mol. The van der Waals surface area contributed by atoms with Gasteiger partial charge < -0.3 is 15.4 Å². The van der Waals surface area contributed by atoms with Crippen molar-refractivity contribution < 1.29 is 9.53 Å².